The van der Waals surface area contributed by atoms with Crippen molar-refractivity contribution in [1.29, 1.82) is 0 Å². The van der Waals surface area contributed by atoms with E-state index in [0.29, 0.717) is 23.7 Å². The molecule has 0 spiro atoms. The van der Waals surface area contributed by atoms with E-state index in [4.69, 9.17) is 0 Å². The average molecular weight is 377 g/mol. The van der Waals surface area contributed by atoms with Crippen molar-refractivity contribution < 1.29 is 22.8 Å². The van der Waals surface area contributed by atoms with Crippen LogP contribution in [0.1, 0.15) is 25.1 Å². The largest absolute Gasteiger partial charge is 0.406 e. The summed E-state index contributed by atoms with van der Waals surface area (Å²) in [7, 11) is 2.77. The van der Waals surface area contributed by atoms with Gasteiger partial charge in [-0.1, -0.05) is 6.42 Å². The Labute approximate surface area is 148 Å². The Balaban J connectivity index is 2.18. The van der Waals surface area contributed by atoms with Gasteiger partial charge in [-0.2, -0.15) is 18.3 Å². The first-order valence-corrected chi connectivity index (χ1v) is 8.29. The molecule has 0 saturated heterocycles. The Bertz CT molecular complexity index is 723. The first kappa shape index (κ1) is 20.0. The molecule has 0 radical (unpaired) electrons. The molecule has 0 fully saturated rings. The third kappa shape index (κ3) is 5.09. The van der Waals surface area contributed by atoms with Crippen LogP contribution in [0.5, 0.6) is 0 Å². The van der Waals surface area contributed by atoms with Crippen molar-refractivity contribution in [3.8, 4) is 0 Å². The van der Waals surface area contributed by atoms with Crippen molar-refractivity contribution in [2.45, 2.75) is 44.9 Å². The number of carbonyl (C=O) groups is 2. The van der Waals surface area contributed by atoms with E-state index in [1.54, 1.807) is 0 Å². The number of halogens is 3. The second-order valence-electron chi connectivity index (χ2n) is 6.47. The van der Waals surface area contributed by atoms with Crippen LogP contribution < -0.4 is 5.69 Å². The Morgan fingerprint density at radius 1 is 1.15 bits per heavy atom. The predicted molar refractivity (Wildman–Crippen MR) is 85.4 cm³/mol. The van der Waals surface area contributed by atoms with Gasteiger partial charge in [-0.3, -0.25) is 14.2 Å². The smallest absolute Gasteiger partial charge is 0.347 e. The molecule has 0 aromatic carbocycles. The van der Waals surface area contributed by atoms with Crippen molar-refractivity contribution in [1.82, 2.24) is 24.1 Å². The van der Waals surface area contributed by atoms with E-state index < -0.39 is 43.3 Å². The Morgan fingerprint density at radius 2 is 1.85 bits per heavy atom. The van der Waals surface area contributed by atoms with Crippen molar-refractivity contribution in [2.24, 2.45) is 0 Å². The van der Waals surface area contributed by atoms with Crippen LogP contribution in [0.3, 0.4) is 0 Å². The average Bonchev–Trinajstić information content (AvgIpc) is 2.71. The van der Waals surface area contributed by atoms with Gasteiger partial charge in [0.05, 0.1) is 0 Å². The normalized spacial score (nSPS) is 14.5. The molecule has 0 atom stereocenters. The van der Waals surface area contributed by atoms with Gasteiger partial charge in [0, 0.05) is 27.1 Å². The highest BCUT2D eigenvalue weighted by atomic mass is 19.4. The third-order valence-electron chi connectivity index (χ3n) is 4.11. The third-order valence-corrected chi connectivity index (χ3v) is 4.11. The summed E-state index contributed by atoms with van der Waals surface area (Å²) < 4.78 is 40.6. The van der Waals surface area contributed by atoms with Crippen LogP contribution in [0, 0.1) is 0 Å². The number of aromatic nitrogens is 3. The molecule has 146 valence electrons. The highest BCUT2D eigenvalue weighted by Crippen LogP contribution is 2.17. The number of hydrogen-bond donors (Lipinski definition) is 0. The zero-order valence-corrected chi connectivity index (χ0v) is 14.8. The summed E-state index contributed by atoms with van der Waals surface area (Å²) in [4.78, 5) is 37.9. The first-order chi connectivity index (χ1) is 12.1. The summed E-state index contributed by atoms with van der Waals surface area (Å²) >= 11 is 0. The summed E-state index contributed by atoms with van der Waals surface area (Å²) in [6.07, 6.45) is -1.43. The molecule has 2 amide bonds. The molecule has 1 aromatic heterocycles. The fourth-order valence-electron chi connectivity index (χ4n) is 2.71. The molecule has 0 unspecified atom stereocenters. The van der Waals surface area contributed by atoms with Crippen LogP contribution in [-0.2, 0) is 29.1 Å². The zero-order chi connectivity index (χ0) is 19.5. The fourth-order valence-corrected chi connectivity index (χ4v) is 2.71. The SMILES string of the molecule is CN(C)C(=O)CN(CC(F)(F)F)C(=O)Cn1nc2n(c1=O)CCCCC2. The summed E-state index contributed by atoms with van der Waals surface area (Å²) in [6, 6.07) is 0. The maximum Gasteiger partial charge on any atom is 0.406 e. The molecule has 0 N–H and O–H groups in total. The lowest BCUT2D eigenvalue weighted by Gasteiger charge is -2.24. The molecular formula is C15H22F3N5O3. The van der Waals surface area contributed by atoms with Gasteiger partial charge in [0.2, 0.25) is 11.8 Å². The van der Waals surface area contributed by atoms with Crippen LogP contribution in [-0.4, -0.2) is 69.3 Å². The summed E-state index contributed by atoms with van der Waals surface area (Å²) in [5, 5.41) is 4.09. The minimum absolute atomic E-state index is 0.402. The molecule has 0 bridgehead atoms. The van der Waals surface area contributed by atoms with E-state index in [0.717, 1.165) is 28.8 Å². The van der Waals surface area contributed by atoms with Crippen LogP contribution in [0.25, 0.3) is 0 Å². The molecule has 2 rings (SSSR count). The van der Waals surface area contributed by atoms with Crippen LogP contribution in [0.4, 0.5) is 13.2 Å². The number of likely N-dealkylation sites (N-methyl/N-ethyl adjacent to an activating group) is 1. The van der Waals surface area contributed by atoms with Crippen molar-refractivity contribution in [3.05, 3.63) is 16.3 Å². The maximum absolute atomic E-state index is 12.8. The molecule has 11 heteroatoms. The van der Waals surface area contributed by atoms with Gasteiger partial charge < -0.3 is 9.80 Å². The van der Waals surface area contributed by atoms with E-state index >= 15 is 0 Å². The first-order valence-electron chi connectivity index (χ1n) is 8.29. The number of alkyl halides is 3. The maximum atomic E-state index is 12.8. The van der Waals surface area contributed by atoms with E-state index in [2.05, 4.69) is 5.10 Å². The van der Waals surface area contributed by atoms with Gasteiger partial charge in [0.25, 0.3) is 0 Å². The fraction of sp³-hybridized carbons (Fsp3) is 0.733. The van der Waals surface area contributed by atoms with Gasteiger partial charge in [0.15, 0.2) is 0 Å². The van der Waals surface area contributed by atoms with Crippen LogP contribution in [0.15, 0.2) is 4.79 Å². The molecule has 2 heterocycles. The predicted octanol–water partition coefficient (Wildman–Crippen LogP) is 0.250. The van der Waals surface area contributed by atoms with Gasteiger partial charge in [-0.15, -0.1) is 0 Å². The zero-order valence-electron chi connectivity index (χ0n) is 14.8. The Kier molecular flexibility index (Phi) is 6.09. The highest BCUT2D eigenvalue weighted by Gasteiger charge is 2.34. The molecule has 26 heavy (non-hydrogen) atoms. The lowest BCUT2D eigenvalue weighted by molar-refractivity contribution is -0.164. The molecule has 1 aromatic rings. The van der Waals surface area contributed by atoms with Crippen molar-refractivity contribution in [2.75, 3.05) is 27.2 Å². The Hall–Kier alpha value is -2.33. The van der Waals surface area contributed by atoms with Crippen molar-refractivity contribution in [3.63, 3.8) is 0 Å². The molecule has 0 aliphatic carbocycles. The van der Waals surface area contributed by atoms with E-state index in [1.165, 1.54) is 18.7 Å². The monoisotopic (exact) mass is 377 g/mol. The van der Waals surface area contributed by atoms with E-state index in [1.807, 2.05) is 0 Å². The molecular weight excluding hydrogens is 355 g/mol. The lowest BCUT2D eigenvalue weighted by atomic mass is 10.2. The number of fused-ring (bicyclic) bond motifs is 1. The number of nitrogens with zero attached hydrogens (tertiary/aromatic N) is 5. The number of hydrogen-bond acceptors (Lipinski definition) is 4. The summed E-state index contributed by atoms with van der Waals surface area (Å²) in [5.41, 5.74) is -0.513. The minimum atomic E-state index is -4.65. The lowest BCUT2D eigenvalue weighted by Crippen LogP contribution is -2.46. The summed E-state index contributed by atoms with van der Waals surface area (Å²) in [5.74, 6) is -1.09. The molecule has 0 saturated carbocycles. The van der Waals surface area contributed by atoms with Crippen LogP contribution in [0.2, 0.25) is 0 Å². The number of aryl methyl sites for hydroxylation is 1. The van der Waals surface area contributed by atoms with Crippen LogP contribution >= 0.6 is 0 Å². The summed E-state index contributed by atoms with van der Waals surface area (Å²) in [6.45, 7) is -2.43. The van der Waals surface area contributed by atoms with E-state index in [-0.39, 0.29) is 0 Å². The molecule has 1 aliphatic heterocycles. The number of carbonyl (C=O) groups excluding carboxylic acids is 2. The van der Waals surface area contributed by atoms with Gasteiger partial charge >= 0.3 is 11.9 Å². The topological polar surface area (TPSA) is 80.4 Å². The standard InChI is InChI=1S/C15H22F3N5O3/c1-20(2)12(24)8-21(10-15(16,17)18)13(25)9-23-14(26)22-7-5-3-4-6-11(22)19-23/h3-10H2,1-2H3. The Morgan fingerprint density at radius 3 is 2.46 bits per heavy atom. The number of amides is 2. The van der Waals surface area contributed by atoms with E-state index in [9.17, 15) is 27.6 Å². The van der Waals surface area contributed by atoms with Gasteiger partial charge in [-0.05, 0) is 12.8 Å². The second-order valence-corrected chi connectivity index (χ2v) is 6.47. The minimum Gasteiger partial charge on any atom is -0.347 e. The van der Waals surface area contributed by atoms with Crippen molar-refractivity contribution >= 4 is 11.8 Å². The van der Waals surface area contributed by atoms with Gasteiger partial charge in [-0.25, -0.2) is 9.48 Å². The molecule has 1 aliphatic rings. The van der Waals surface area contributed by atoms with Gasteiger partial charge in [0.1, 0.15) is 25.5 Å². The molecule has 8 nitrogen and oxygen atoms in total. The second kappa shape index (κ2) is 7.92. The highest BCUT2D eigenvalue weighted by molar-refractivity contribution is 5.84. The number of rotatable bonds is 5. The quantitative estimate of drug-likeness (QED) is 0.737.